The highest BCUT2D eigenvalue weighted by molar-refractivity contribution is 6.30. The van der Waals surface area contributed by atoms with E-state index in [2.05, 4.69) is 43.1 Å². The summed E-state index contributed by atoms with van der Waals surface area (Å²) in [7, 11) is 0. The molecule has 0 amide bonds. The highest BCUT2D eigenvalue weighted by Gasteiger charge is 2.04. The van der Waals surface area contributed by atoms with E-state index in [1.165, 1.54) is 11.1 Å². The second kappa shape index (κ2) is 8.00. The van der Waals surface area contributed by atoms with Gasteiger partial charge < -0.3 is 4.74 Å². The molecule has 126 valence electrons. The molecule has 0 saturated carbocycles. The van der Waals surface area contributed by atoms with Gasteiger partial charge in [0.1, 0.15) is 12.4 Å². The average Bonchev–Trinajstić information content (AvgIpc) is 2.62. The van der Waals surface area contributed by atoms with E-state index in [0.29, 0.717) is 11.6 Å². The van der Waals surface area contributed by atoms with Crippen molar-refractivity contribution in [2.75, 3.05) is 0 Å². The SMILES string of the molecule is Cc1ccc(COc2ccc(Cl)cc2C=Nc2ccc(C)cc2)cc1. The molecular formula is C22H20ClNO. The Hall–Kier alpha value is -2.58. The van der Waals surface area contributed by atoms with E-state index < -0.39 is 0 Å². The van der Waals surface area contributed by atoms with Crippen LogP contribution in [-0.4, -0.2) is 6.21 Å². The highest BCUT2D eigenvalue weighted by atomic mass is 35.5. The third kappa shape index (κ3) is 4.94. The van der Waals surface area contributed by atoms with Crippen LogP contribution in [0.1, 0.15) is 22.3 Å². The van der Waals surface area contributed by atoms with E-state index >= 15 is 0 Å². The van der Waals surface area contributed by atoms with Crippen LogP contribution in [0.3, 0.4) is 0 Å². The minimum atomic E-state index is 0.507. The van der Waals surface area contributed by atoms with Crippen LogP contribution in [0.25, 0.3) is 0 Å². The first kappa shape index (κ1) is 17.2. The van der Waals surface area contributed by atoms with Gasteiger partial charge in [-0.1, -0.05) is 59.1 Å². The summed E-state index contributed by atoms with van der Waals surface area (Å²) in [4.78, 5) is 4.52. The number of aryl methyl sites for hydroxylation is 2. The standard InChI is InChI=1S/C22H20ClNO/c1-16-3-7-18(8-4-16)15-25-22-12-9-20(23)13-19(22)14-24-21-10-5-17(2)6-11-21/h3-14H,15H2,1-2H3. The van der Waals surface area contributed by atoms with Crippen molar-refractivity contribution in [1.82, 2.24) is 0 Å². The maximum atomic E-state index is 6.14. The van der Waals surface area contributed by atoms with Gasteiger partial charge in [0.2, 0.25) is 0 Å². The van der Waals surface area contributed by atoms with Crippen LogP contribution < -0.4 is 4.74 Å². The van der Waals surface area contributed by atoms with Gasteiger partial charge in [-0.25, -0.2) is 0 Å². The Balaban J connectivity index is 1.77. The predicted molar refractivity (Wildman–Crippen MR) is 105 cm³/mol. The summed E-state index contributed by atoms with van der Waals surface area (Å²) in [6.07, 6.45) is 1.79. The Bertz CT molecular complexity index is 868. The van der Waals surface area contributed by atoms with Crippen LogP contribution in [0, 0.1) is 13.8 Å². The zero-order chi connectivity index (χ0) is 17.6. The molecule has 0 spiro atoms. The van der Waals surface area contributed by atoms with Crippen LogP contribution in [0.2, 0.25) is 5.02 Å². The largest absolute Gasteiger partial charge is 0.488 e. The number of hydrogen-bond donors (Lipinski definition) is 0. The van der Waals surface area contributed by atoms with Crippen molar-refractivity contribution in [3.63, 3.8) is 0 Å². The first-order chi connectivity index (χ1) is 12.1. The minimum Gasteiger partial charge on any atom is -0.488 e. The number of nitrogens with zero attached hydrogens (tertiary/aromatic N) is 1. The topological polar surface area (TPSA) is 21.6 Å². The summed E-state index contributed by atoms with van der Waals surface area (Å²) in [6, 6.07) is 22.0. The fraction of sp³-hybridized carbons (Fsp3) is 0.136. The second-order valence-electron chi connectivity index (χ2n) is 6.05. The third-order valence-electron chi connectivity index (χ3n) is 3.87. The first-order valence-corrected chi connectivity index (χ1v) is 8.56. The van der Waals surface area contributed by atoms with Crippen LogP contribution in [-0.2, 0) is 6.61 Å². The summed E-state index contributed by atoms with van der Waals surface area (Å²) in [6.45, 7) is 4.64. The summed E-state index contributed by atoms with van der Waals surface area (Å²) in [5.74, 6) is 0.765. The molecule has 0 aliphatic rings. The van der Waals surface area contributed by atoms with Crippen molar-refractivity contribution < 1.29 is 4.74 Å². The van der Waals surface area contributed by atoms with Crippen LogP contribution in [0.15, 0.2) is 71.7 Å². The zero-order valence-corrected chi connectivity index (χ0v) is 15.1. The lowest BCUT2D eigenvalue weighted by Gasteiger charge is -2.10. The van der Waals surface area contributed by atoms with Gasteiger partial charge in [-0.05, 0) is 49.7 Å². The predicted octanol–water partition coefficient (Wildman–Crippen LogP) is 6.29. The quantitative estimate of drug-likeness (QED) is 0.496. The Morgan fingerprint density at radius 1 is 0.880 bits per heavy atom. The average molecular weight is 350 g/mol. The van der Waals surface area contributed by atoms with E-state index in [9.17, 15) is 0 Å². The van der Waals surface area contributed by atoms with Gasteiger partial charge >= 0.3 is 0 Å². The van der Waals surface area contributed by atoms with Crippen LogP contribution in [0.4, 0.5) is 5.69 Å². The van der Waals surface area contributed by atoms with Crippen molar-refractivity contribution in [1.29, 1.82) is 0 Å². The maximum absolute atomic E-state index is 6.14. The lowest BCUT2D eigenvalue weighted by Crippen LogP contribution is -1.98. The minimum absolute atomic E-state index is 0.507. The molecule has 0 unspecified atom stereocenters. The Morgan fingerprint density at radius 2 is 1.52 bits per heavy atom. The Morgan fingerprint density at radius 3 is 2.20 bits per heavy atom. The zero-order valence-electron chi connectivity index (χ0n) is 14.4. The van der Waals surface area contributed by atoms with Crippen molar-refractivity contribution in [3.05, 3.63) is 94.0 Å². The van der Waals surface area contributed by atoms with Gasteiger partial charge in [-0.3, -0.25) is 4.99 Å². The number of hydrogen-bond acceptors (Lipinski definition) is 2. The lowest BCUT2D eigenvalue weighted by molar-refractivity contribution is 0.306. The van der Waals surface area contributed by atoms with Crippen LogP contribution >= 0.6 is 11.6 Å². The Labute approximate surface area is 153 Å². The molecule has 25 heavy (non-hydrogen) atoms. The van der Waals surface area contributed by atoms with E-state index in [1.807, 2.05) is 42.5 Å². The number of benzene rings is 3. The van der Waals surface area contributed by atoms with E-state index in [-0.39, 0.29) is 0 Å². The van der Waals surface area contributed by atoms with Crippen LogP contribution in [0.5, 0.6) is 5.75 Å². The summed E-state index contributed by atoms with van der Waals surface area (Å²) in [5, 5.41) is 0.660. The maximum Gasteiger partial charge on any atom is 0.128 e. The monoisotopic (exact) mass is 349 g/mol. The molecular weight excluding hydrogens is 330 g/mol. The van der Waals surface area contributed by atoms with Gasteiger partial charge in [-0.15, -0.1) is 0 Å². The fourth-order valence-electron chi connectivity index (χ4n) is 2.37. The summed E-state index contributed by atoms with van der Waals surface area (Å²) >= 11 is 6.14. The smallest absolute Gasteiger partial charge is 0.128 e. The number of aliphatic imine (C=N–C) groups is 1. The van der Waals surface area contributed by atoms with Crippen molar-refractivity contribution >= 4 is 23.5 Å². The summed E-state index contributed by atoms with van der Waals surface area (Å²) in [5.41, 5.74) is 5.34. The molecule has 3 heteroatoms. The molecule has 0 N–H and O–H groups in total. The normalized spacial score (nSPS) is 11.0. The first-order valence-electron chi connectivity index (χ1n) is 8.19. The molecule has 0 saturated heterocycles. The van der Waals surface area contributed by atoms with Crippen molar-refractivity contribution in [2.45, 2.75) is 20.5 Å². The van der Waals surface area contributed by atoms with Crippen molar-refractivity contribution in [2.24, 2.45) is 4.99 Å². The molecule has 2 nitrogen and oxygen atoms in total. The van der Waals surface area contributed by atoms with Gasteiger partial charge in [0.25, 0.3) is 0 Å². The molecule has 0 atom stereocenters. The van der Waals surface area contributed by atoms with E-state index in [1.54, 1.807) is 6.21 Å². The van der Waals surface area contributed by atoms with E-state index in [0.717, 1.165) is 22.6 Å². The van der Waals surface area contributed by atoms with Gasteiger partial charge in [0, 0.05) is 16.8 Å². The second-order valence-corrected chi connectivity index (χ2v) is 6.49. The molecule has 0 bridgehead atoms. The molecule has 0 heterocycles. The molecule has 0 aromatic heterocycles. The van der Waals surface area contributed by atoms with Gasteiger partial charge in [-0.2, -0.15) is 0 Å². The molecule has 0 radical (unpaired) electrons. The molecule has 0 aliphatic heterocycles. The van der Waals surface area contributed by atoms with Gasteiger partial charge in [0.15, 0.2) is 0 Å². The highest BCUT2D eigenvalue weighted by Crippen LogP contribution is 2.23. The van der Waals surface area contributed by atoms with E-state index in [4.69, 9.17) is 16.3 Å². The number of halogens is 1. The molecule has 0 fully saturated rings. The molecule has 0 aliphatic carbocycles. The molecule has 3 aromatic rings. The van der Waals surface area contributed by atoms with Gasteiger partial charge in [0.05, 0.1) is 5.69 Å². The lowest BCUT2D eigenvalue weighted by atomic mass is 10.1. The molecule has 3 aromatic carbocycles. The number of rotatable bonds is 5. The Kier molecular flexibility index (Phi) is 5.52. The fourth-order valence-corrected chi connectivity index (χ4v) is 2.55. The molecule has 3 rings (SSSR count). The summed E-state index contributed by atoms with van der Waals surface area (Å²) < 4.78 is 5.98. The van der Waals surface area contributed by atoms with Crippen molar-refractivity contribution in [3.8, 4) is 5.75 Å². The number of ether oxygens (including phenoxy) is 1. The third-order valence-corrected chi connectivity index (χ3v) is 4.11.